The molecule has 1 aromatic heterocycles. The van der Waals surface area contributed by atoms with Gasteiger partial charge in [-0.1, -0.05) is 18.7 Å². The summed E-state index contributed by atoms with van der Waals surface area (Å²) in [5.41, 5.74) is 2.09. The van der Waals surface area contributed by atoms with Gasteiger partial charge < -0.3 is 25.0 Å². The molecule has 3 amide bonds. The Morgan fingerprint density at radius 2 is 1.89 bits per heavy atom. The molecule has 12 heteroatoms. The molecular formula is C33H41FN6O5. The van der Waals surface area contributed by atoms with Gasteiger partial charge in [0.2, 0.25) is 5.91 Å². The van der Waals surface area contributed by atoms with Gasteiger partial charge in [-0.25, -0.2) is 4.39 Å². The maximum atomic E-state index is 14.8. The first-order valence-electron chi connectivity index (χ1n) is 14.8. The molecule has 2 aromatic carbocycles. The Morgan fingerprint density at radius 3 is 2.53 bits per heavy atom. The molecule has 0 bridgehead atoms. The lowest BCUT2D eigenvalue weighted by atomic mass is 10.0. The number of rotatable bonds is 12. The van der Waals surface area contributed by atoms with Gasteiger partial charge in [0, 0.05) is 70.7 Å². The number of ether oxygens (including phenoxy) is 2. The standard InChI is InChI=1S/C33H41FN6O5/c1-7-31(41)40-14-13-39(19-23(40)4)20-29(24-9-8-21(2)27(34)17-24)45-28-16-22(3)25(18-26(28)32(42)35-11-15-44-6)33(43)36-30-10-12-38(5)37-30/h7-10,12,16-18,23,29H,1,11,13-15,19-20H2,2-6H3,(H,35,42)(H,36,37,43)/t23-,29-/m1/s1. The molecule has 3 aromatic rings. The second-order valence-electron chi connectivity index (χ2n) is 11.2. The number of hydrogen-bond acceptors (Lipinski definition) is 7. The Hall–Kier alpha value is -4.55. The lowest BCUT2D eigenvalue weighted by Gasteiger charge is -2.40. The Kier molecular flexibility index (Phi) is 11.1. The molecule has 1 aliphatic heterocycles. The van der Waals surface area contributed by atoms with Crippen molar-refractivity contribution in [1.29, 1.82) is 0 Å². The molecule has 2 atom stereocenters. The van der Waals surface area contributed by atoms with Crippen LogP contribution in [0, 0.1) is 19.7 Å². The normalized spacial score (nSPS) is 15.8. The quantitative estimate of drug-likeness (QED) is 0.235. The van der Waals surface area contributed by atoms with E-state index in [1.165, 1.54) is 25.3 Å². The van der Waals surface area contributed by atoms with Crippen LogP contribution in [0.3, 0.4) is 0 Å². The van der Waals surface area contributed by atoms with Crippen LogP contribution < -0.4 is 15.4 Å². The Bertz CT molecular complexity index is 1560. The van der Waals surface area contributed by atoms with E-state index in [9.17, 15) is 18.8 Å². The predicted octanol–water partition coefficient (Wildman–Crippen LogP) is 3.64. The molecule has 0 saturated carbocycles. The van der Waals surface area contributed by atoms with Crippen molar-refractivity contribution in [2.24, 2.45) is 7.05 Å². The van der Waals surface area contributed by atoms with E-state index in [2.05, 4.69) is 27.2 Å². The molecule has 1 aliphatic rings. The van der Waals surface area contributed by atoms with Crippen LogP contribution in [0.2, 0.25) is 0 Å². The molecule has 0 unspecified atom stereocenters. The summed E-state index contributed by atoms with van der Waals surface area (Å²) in [5, 5.41) is 9.78. The van der Waals surface area contributed by atoms with Crippen LogP contribution >= 0.6 is 0 Å². The number of nitrogens with one attached hydrogen (secondary N) is 2. The predicted molar refractivity (Wildman–Crippen MR) is 169 cm³/mol. The van der Waals surface area contributed by atoms with Gasteiger partial charge >= 0.3 is 0 Å². The third kappa shape index (κ3) is 8.34. The molecular weight excluding hydrogens is 579 g/mol. The summed E-state index contributed by atoms with van der Waals surface area (Å²) in [5.74, 6) is -0.751. The Balaban J connectivity index is 1.68. The van der Waals surface area contributed by atoms with E-state index >= 15 is 0 Å². The van der Waals surface area contributed by atoms with E-state index in [1.54, 1.807) is 54.9 Å². The number of amides is 3. The molecule has 0 spiro atoms. The van der Waals surface area contributed by atoms with Crippen molar-refractivity contribution in [2.75, 3.05) is 51.8 Å². The average molecular weight is 621 g/mol. The van der Waals surface area contributed by atoms with Crippen molar-refractivity contribution < 1.29 is 28.2 Å². The van der Waals surface area contributed by atoms with Crippen LogP contribution in [0.25, 0.3) is 0 Å². The van der Waals surface area contributed by atoms with Crippen molar-refractivity contribution in [1.82, 2.24) is 24.9 Å². The minimum Gasteiger partial charge on any atom is -0.484 e. The fraction of sp³-hybridized carbons (Fsp3) is 0.394. The second kappa shape index (κ2) is 15.0. The summed E-state index contributed by atoms with van der Waals surface area (Å²) in [6, 6.07) is 9.70. The SMILES string of the molecule is C=CC(=O)N1CCN(C[C@@H](Oc2cc(C)c(C(=O)Nc3ccn(C)n3)cc2C(=O)NCCOC)c2ccc(C)c(F)c2)C[C@H]1C. The summed E-state index contributed by atoms with van der Waals surface area (Å²) in [6.07, 6.45) is 2.35. The third-order valence-electron chi connectivity index (χ3n) is 7.79. The molecule has 45 heavy (non-hydrogen) atoms. The molecule has 4 rings (SSSR count). The van der Waals surface area contributed by atoms with Crippen LogP contribution in [0.5, 0.6) is 5.75 Å². The van der Waals surface area contributed by atoms with E-state index in [4.69, 9.17) is 9.47 Å². The smallest absolute Gasteiger partial charge is 0.257 e. The fourth-order valence-corrected chi connectivity index (χ4v) is 5.28. The van der Waals surface area contributed by atoms with Crippen LogP contribution in [0.1, 0.15) is 50.4 Å². The molecule has 240 valence electrons. The maximum absolute atomic E-state index is 14.8. The van der Waals surface area contributed by atoms with Crippen LogP contribution in [-0.4, -0.2) is 89.8 Å². The number of benzene rings is 2. The number of carbonyl (C=O) groups excluding carboxylic acids is 3. The lowest BCUT2D eigenvalue weighted by Crippen LogP contribution is -2.54. The Morgan fingerprint density at radius 1 is 1.11 bits per heavy atom. The van der Waals surface area contributed by atoms with Gasteiger partial charge in [0.25, 0.3) is 11.8 Å². The molecule has 1 fully saturated rings. The maximum Gasteiger partial charge on any atom is 0.257 e. The van der Waals surface area contributed by atoms with E-state index in [0.29, 0.717) is 55.3 Å². The number of aromatic nitrogens is 2. The molecule has 1 saturated heterocycles. The van der Waals surface area contributed by atoms with Crippen LogP contribution in [-0.2, 0) is 16.6 Å². The summed E-state index contributed by atoms with van der Waals surface area (Å²) >= 11 is 0. The van der Waals surface area contributed by atoms with E-state index < -0.39 is 17.9 Å². The largest absolute Gasteiger partial charge is 0.484 e. The summed E-state index contributed by atoms with van der Waals surface area (Å²) in [6.45, 7) is 11.6. The number of piperazine rings is 1. The zero-order valence-electron chi connectivity index (χ0n) is 26.4. The van der Waals surface area contributed by atoms with Crippen molar-refractivity contribution in [2.45, 2.75) is 32.9 Å². The van der Waals surface area contributed by atoms with Crippen molar-refractivity contribution in [3.05, 3.63) is 88.9 Å². The zero-order chi connectivity index (χ0) is 32.7. The van der Waals surface area contributed by atoms with E-state index in [-0.39, 0.29) is 41.2 Å². The van der Waals surface area contributed by atoms with Gasteiger partial charge in [0.1, 0.15) is 17.7 Å². The van der Waals surface area contributed by atoms with Gasteiger partial charge in [-0.15, -0.1) is 0 Å². The van der Waals surface area contributed by atoms with Gasteiger partial charge in [0.05, 0.1) is 12.2 Å². The minimum absolute atomic E-state index is 0.0686. The van der Waals surface area contributed by atoms with Crippen LogP contribution in [0.15, 0.2) is 55.3 Å². The first-order chi connectivity index (χ1) is 21.5. The summed E-state index contributed by atoms with van der Waals surface area (Å²) < 4.78 is 28.0. The highest BCUT2D eigenvalue weighted by Crippen LogP contribution is 2.31. The molecule has 11 nitrogen and oxygen atoms in total. The Labute approximate surface area is 263 Å². The number of anilines is 1. The molecule has 2 N–H and O–H groups in total. The molecule has 0 radical (unpaired) electrons. The number of halogens is 1. The minimum atomic E-state index is -0.674. The zero-order valence-corrected chi connectivity index (χ0v) is 26.4. The third-order valence-corrected chi connectivity index (χ3v) is 7.79. The average Bonchev–Trinajstić information content (AvgIpc) is 3.42. The van der Waals surface area contributed by atoms with E-state index in [0.717, 1.165) is 0 Å². The second-order valence-corrected chi connectivity index (χ2v) is 11.2. The monoisotopic (exact) mass is 620 g/mol. The number of aryl methyl sites for hydroxylation is 3. The first kappa shape index (κ1) is 33.3. The van der Waals surface area contributed by atoms with Crippen molar-refractivity contribution in [3.8, 4) is 5.75 Å². The van der Waals surface area contributed by atoms with Crippen LogP contribution in [0.4, 0.5) is 10.2 Å². The van der Waals surface area contributed by atoms with Gasteiger partial charge in [-0.3, -0.25) is 24.0 Å². The fourth-order valence-electron chi connectivity index (χ4n) is 5.28. The first-order valence-corrected chi connectivity index (χ1v) is 14.8. The number of hydrogen-bond donors (Lipinski definition) is 2. The lowest BCUT2D eigenvalue weighted by molar-refractivity contribution is -0.130. The highest BCUT2D eigenvalue weighted by Gasteiger charge is 2.30. The van der Waals surface area contributed by atoms with Crippen molar-refractivity contribution in [3.63, 3.8) is 0 Å². The van der Waals surface area contributed by atoms with Gasteiger partial charge in [-0.05, 0) is 61.7 Å². The summed E-state index contributed by atoms with van der Waals surface area (Å²) in [7, 11) is 3.28. The number of carbonyl (C=O) groups is 3. The van der Waals surface area contributed by atoms with E-state index in [1.807, 2.05) is 13.0 Å². The van der Waals surface area contributed by atoms with Gasteiger partial charge in [0.15, 0.2) is 5.82 Å². The van der Waals surface area contributed by atoms with Gasteiger partial charge in [-0.2, -0.15) is 5.10 Å². The topological polar surface area (TPSA) is 118 Å². The number of nitrogens with zero attached hydrogens (tertiary/aromatic N) is 4. The highest BCUT2D eigenvalue weighted by atomic mass is 19.1. The summed E-state index contributed by atoms with van der Waals surface area (Å²) in [4.78, 5) is 42.9. The molecule has 0 aliphatic carbocycles. The van der Waals surface area contributed by atoms with Crippen molar-refractivity contribution >= 4 is 23.5 Å². The highest BCUT2D eigenvalue weighted by molar-refractivity contribution is 6.07. The molecule has 2 heterocycles. The number of methoxy groups -OCH3 is 1.